The summed E-state index contributed by atoms with van der Waals surface area (Å²) in [6.45, 7) is 6.73. The highest BCUT2D eigenvalue weighted by atomic mass is 31.2. The quantitative estimate of drug-likeness (QED) is 0.0192. The van der Waals surface area contributed by atoms with Crippen molar-refractivity contribution in [2.24, 2.45) is 5.92 Å². The number of hydrogen-bond donors (Lipinski definition) is 3. The molecule has 26 heteroatoms. The van der Waals surface area contributed by atoms with E-state index in [1.54, 1.807) is 53.8 Å². The summed E-state index contributed by atoms with van der Waals surface area (Å²) in [6.07, 6.45) is 4.02. The van der Waals surface area contributed by atoms with E-state index in [0.29, 0.717) is 97.2 Å². The Kier molecular flexibility index (Phi) is 23.5. The number of ketones is 1. The van der Waals surface area contributed by atoms with Crippen molar-refractivity contribution in [1.29, 1.82) is 0 Å². The van der Waals surface area contributed by atoms with Crippen molar-refractivity contribution in [3.8, 4) is 22.6 Å². The number of aromatic nitrogens is 8. The molecule has 548 valence electrons. The second-order valence-electron chi connectivity index (χ2n) is 26.9. The molecule has 2 amide bonds. The average molecular weight is 1450 g/mol. The van der Waals surface area contributed by atoms with Gasteiger partial charge in [-0.15, -0.1) is 0 Å². The SMILES string of the molecule is CCCOP(=O)(OC[C@H]1O[C@@H](n2cnc3c(NCCCCN(C)C(=O)OCC4c5ccccc5-c5ccccc54)ncnc32)CC1O)OC1C[C@H](n2cnc3c(NC(=O)c4ccc(CCC(=O)CCC(C)C)cc4)ncnc32)O[C@@H]1COC(c1ccccc1)(c1ccc(OC)cc1)c1ccc(OC)cc1. The van der Waals surface area contributed by atoms with E-state index in [4.69, 9.17) is 47.0 Å². The summed E-state index contributed by atoms with van der Waals surface area (Å²) in [5, 5.41) is 18.0. The van der Waals surface area contributed by atoms with Crippen molar-refractivity contribution < 1.29 is 66.0 Å². The number of rotatable bonds is 34. The number of aliphatic hydroxyl groups is 1. The highest BCUT2D eigenvalue weighted by Gasteiger charge is 2.48. The van der Waals surface area contributed by atoms with Gasteiger partial charge in [0.05, 0.1) is 52.8 Å². The minimum atomic E-state index is -4.60. The Bertz CT molecular complexity index is 4570. The number of unbranched alkanes of at least 4 members (excludes halogenated alkanes) is 1. The third-order valence-electron chi connectivity index (χ3n) is 19.5. The number of amides is 2. The summed E-state index contributed by atoms with van der Waals surface area (Å²) < 4.78 is 76.0. The minimum absolute atomic E-state index is 0.0189. The molecule has 3 aliphatic rings. The molecule has 105 heavy (non-hydrogen) atoms. The number of aryl methyl sites for hydroxylation is 1. The van der Waals surface area contributed by atoms with Crippen LogP contribution < -0.4 is 20.1 Å². The van der Waals surface area contributed by atoms with Gasteiger partial charge in [0.1, 0.15) is 72.9 Å². The number of carbonyl (C=O) groups is 3. The van der Waals surface area contributed by atoms with Gasteiger partial charge in [-0.2, -0.15) is 0 Å². The Morgan fingerprint density at radius 2 is 1.26 bits per heavy atom. The highest BCUT2D eigenvalue weighted by Crippen LogP contribution is 2.55. The lowest BCUT2D eigenvalue weighted by atomic mass is 9.80. The van der Waals surface area contributed by atoms with Crippen molar-refractivity contribution in [2.75, 3.05) is 71.4 Å². The monoisotopic (exact) mass is 1450 g/mol. The highest BCUT2D eigenvalue weighted by molar-refractivity contribution is 7.48. The lowest BCUT2D eigenvalue weighted by molar-refractivity contribution is -0.119. The molecular formula is C79H88N11O14P. The molecule has 7 atom stereocenters. The van der Waals surface area contributed by atoms with Gasteiger partial charge in [0.15, 0.2) is 34.0 Å². The summed E-state index contributed by atoms with van der Waals surface area (Å²) in [5.74, 6) is 2.14. The van der Waals surface area contributed by atoms with Gasteiger partial charge in [-0.25, -0.2) is 39.3 Å². The lowest BCUT2D eigenvalue weighted by Gasteiger charge is -2.37. The number of imidazole rings is 2. The zero-order valence-corrected chi connectivity index (χ0v) is 60.6. The maximum atomic E-state index is 15.5. The van der Waals surface area contributed by atoms with Crippen molar-refractivity contribution in [2.45, 2.75) is 127 Å². The summed E-state index contributed by atoms with van der Waals surface area (Å²) >= 11 is 0. The van der Waals surface area contributed by atoms with Crippen molar-refractivity contribution in [1.82, 2.24) is 43.9 Å². The molecule has 2 fully saturated rings. The van der Waals surface area contributed by atoms with Crippen LogP contribution in [0.1, 0.15) is 134 Å². The lowest BCUT2D eigenvalue weighted by Crippen LogP contribution is -2.38. The molecule has 25 nitrogen and oxygen atoms in total. The van der Waals surface area contributed by atoms with Gasteiger partial charge in [0.2, 0.25) is 0 Å². The predicted molar refractivity (Wildman–Crippen MR) is 394 cm³/mol. The molecule has 1 aliphatic carbocycles. The first-order chi connectivity index (χ1) is 51.1. The maximum Gasteiger partial charge on any atom is 0.475 e. The number of nitrogens with zero attached hydrogens (tertiary/aromatic N) is 9. The third kappa shape index (κ3) is 16.7. The van der Waals surface area contributed by atoms with Gasteiger partial charge in [-0.1, -0.05) is 136 Å². The van der Waals surface area contributed by atoms with Gasteiger partial charge in [0.25, 0.3) is 5.91 Å². The first kappa shape index (κ1) is 73.5. The zero-order valence-electron chi connectivity index (χ0n) is 59.7. The fourth-order valence-electron chi connectivity index (χ4n) is 13.8. The van der Waals surface area contributed by atoms with E-state index in [1.165, 1.54) is 30.1 Å². The van der Waals surface area contributed by atoms with E-state index in [2.05, 4.69) is 73.7 Å². The van der Waals surface area contributed by atoms with Crippen molar-refractivity contribution in [3.05, 3.63) is 216 Å². The summed E-state index contributed by atoms with van der Waals surface area (Å²) in [7, 11) is 0.348. The molecule has 2 aliphatic heterocycles. The van der Waals surface area contributed by atoms with Crippen molar-refractivity contribution >= 4 is 59.6 Å². The Labute approximate surface area is 609 Å². The number of hydrogen-bond acceptors (Lipinski definition) is 21. The molecule has 0 radical (unpaired) electrons. The van der Waals surface area contributed by atoms with Gasteiger partial charge in [-0.3, -0.25) is 32.3 Å². The number of aliphatic hydroxyl groups excluding tert-OH is 1. The standard InChI is InChI=1S/C79H88N11O14P/c1-7-41-100-105(95,101-46-67-65(92)42-69(102-67)89-49-85-71-73(81-47-83-75(71)89)80-39-15-16-40-88(4)78(94)98-44-64-62-21-13-11-19-60(62)61-20-12-14-22-63(61)64)104-66-43-70(90-50-86-72-74(82-48-84-76(72)90)87-77(93)53-27-24-52(25-28-53)26-34-57(91)33-23-51(2)3)103-68(66)45-99-79(54-17-9-8-10-18-54,55-29-35-58(96-5)36-30-55)56-31-37-59(97-6)38-32-56/h8-14,17-22,24-25,27-32,35-38,47-51,64-70,92H,7,15-16,23,26,33-34,39-46H2,1-6H3,(H,80,81,83)(H,82,84,87,93)/t65?,66?,67-,68-,69-,70-,105?/m1/s1. The topological polar surface area (TPSA) is 286 Å². The first-order valence-corrected chi connectivity index (χ1v) is 37.2. The number of benzene rings is 6. The fraction of sp³-hybridized carbons (Fsp3) is 0.380. The second kappa shape index (κ2) is 33.5. The smallest absolute Gasteiger partial charge is 0.475 e. The van der Waals surface area contributed by atoms with Crippen LogP contribution in [0.5, 0.6) is 11.5 Å². The number of carbonyl (C=O) groups excluding carboxylic acids is 3. The van der Waals surface area contributed by atoms with Gasteiger partial charge in [-0.05, 0) is 119 Å². The molecule has 3 N–H and O–H groups in total. The van der Waals surface area contributed by atoms with Gasteiger partial charge >= 0.3 is 13.9 Å². The molecule has 10 aromatic rings. The third-order valence-corrected chi connectivity index (χ3v) is 21.0. The number of methoxy groups -OCH3 is 2. The maximum absolute atomic E-state index is 15.5. The van der Waals surface area contributed by atoms with E-state index in [-0.39, 0.29) is 61.8 Å². The largest absolute Gasteiger partial charge is 0.497 e. The predicted octanol–water partition coefficient (Wildman–Crippen LogP) is 13.8. The number of ether oxygens (including phenoxy) is 6. The number of fused-ring (bicyclic) bond motifs is 5. The summed E-state index contributed by atoms with van der Waals surface area (Å²) in [6, 6.07) is 48.6. The van der Waals surface area contributed by atoms with Crippen molar-refractivity contribution in [3.63, 3.8) is 0 Å². The molecule has 6 aromatic carbocycles. The van der Waals surface area contributed by atoms with E-state index < -0.39 is 62.8 Å². The number of phosphoric ester groups is 1. The Hall–Kier alpha value is -9.82. The van der Waals surface area contributed by atoms with E-state index >= 15 is 4.57 Å². The number of phosphoric acid groups is 1. The van der Waals surface area contributed by atoms with Crippen LogP contribution in [0.4, 0.5) is 16.4 Å². The molecule has 0 bridgehead atoms. The van der Waals surface area contributed by atoms with E-state index in [1.807, 2.05) is 122 Å². The Morgan fingerprint density at radius 1 is 0.667 bits per heavy atom. The molecule has 4 aromatic heterocycles. The number of nitrogens with one attached hydrogen (secondary N) is 2. The van der Waals surface area contributed by atoms with E-state index in [0.717, 1.165) is 39.8 Å². The zero-order chi connectivity index (χ0) is 73.0. The summed E-state index contributed by atoms with van der Waals surface area (Å²) in [4.78, 5) is 68.7. The summed E-state index contributed by atoms with van der Waals surface area (Å²) in [5.41, 5.74) is 8.48. The average Bonchev–Trinajstić information content (AvgIpc) is 1.23. The van der Waals surface area contributed by atoms with Crippen LogP contribution >= 0.6 is 7.82 Å². The van der Waals surface area contributed by atoms with Crippen LogP contribution in [0, 0.1) is 5.92 Å². The normalized spacial score (nSPS) is 18.4. The molecule has 2 saturated heterocycles. The minimum Gasteiger partial charge on any atom is -0.497 e. The Morgan fingerprint density at radius 3 is 1.89 bits per heavy atom. The first-order valence-electron chi connectivity index (χ1n) is 35.7. The van der Waals surface area contributed by atoms with Crippen LogP contribution in [-0.2, 0) is 53.9 Å². The van der Waals surface area contributed by atoms with Gasteiger partial charge < -0.3 is 49.1 Å². The van der Waals surface area contributed by atoms with E-state index in [9.17, 15) is 19.5 Å². The van der Waals surface area contributed by atoms with Gasteiger partial charge in [0, 0.05) is 57.3 Å². The number of Topliss-reactive ketones (excluding diaryl/α,β-unsaturated/α-hetero) is 1. The second-order valence-corrected chi connectivity index (χ2v) is 28.5. The molecule has 0 saturated carbocycles. The molecular weight excluding hydrogens is 1360 g/mol. The number of anilines is 2. The van der Waals surface area contributed by atoms with Crippen LogP contribution in [0.15, 0.2) is 177 Å². The van der Waals surface area contributed by atoms with Crippen LogP contribution in [-0.4, -0.2) is 152 Å². The molecule has 13 rings (SSSR count). The molecule has 0 spiro atoms. The van der Waals surface area contributed by atoms with Crippen LogP contribution in [0.2, 0.25) is 0 Å². The van der Waals surface area contributed by atoms with Crippen LogP contribution in [0.3, 0.4) is 0 Å². The fourth-order valence-corrected chi connectivity index (χ4v) is 15.2. The molecule has 6 heterocycles. The molecule has 3 unspecified atom stereocenters. The van der Waals surface area contributed by atoms with Crippen LogP contribution in [0.25, 0.3) is 33.5 Å². The Balaban J connectivity index is 0.697.